The maximum Gasteiger partial charge on any atom is 0.256 e. The molecular weight excluding hydrogens is 328 g/mol. The van der Waals surface area contributed by atoms with Crippen molar-refractivity contribution in [2.45, 2.75) is 44.2 Å². The molecule has 2 aromatic rings. The van der Waals surface area contributed by atoms with Crippen LogP contribution in [0.3, 0.4) is 0 Å². The highest BCUT2D eigenvalue weighted by Crippen LogP contribution is 2.33. The second-order valence-electron chi connectivity index (χ2n) is 7.26. The number of hydrogen-bond donors (Lipinski definition) is 2. The van der Waals surface area contributed by atoms with Crippen molar-refractivity contribution < 1.29 is 9.53 Å². The van der Waals surface area contributed by atoms with Crippen LogP contribution in [-0.2, 0) is 16.1 Å². The minimum Gasteiger partial charge on any atom is -0.366 e. The zero-order valence-corrected chi connectivity index (χ0v) is 15.0. The van der Waals surface area contributed by atoms with Crippen LogP contribution >= 0.6 is 0 Å². The van der Waals surface area contributed by atoms with Gasteiger partial charge in [0.25, 0.3) is 5.91 Å². The normalized spacial score (nSPS) is 21.8. The number of H-pyrrole nitrogens is 1. The van der Waals surface area contributed by atoms with Crippen LogP contribution in [0, 0.1) is 0 Å². The molecule has 1 amide bonds. The van der Waals surface area contributed by atoms with Crippen molar-refractivity contribution in [3.05, 3.63) is 47.7 Å². The number of ether oxygens (including phenoxy) is 1. The molecule has 0 spiro atoms. The van der Waals surface area contributed by atoms with E-state index in [4.69, 9.17) is 4.74 Å². The molecule has 0 bridgehead atoms. The Hall–Kier alpha value is -2.18. The fourth-order valence-corrected chi connectivity index (χ4v) is 3.90. The van der Waals surface area contributed by atoms with Crippen molar-refractivity contribution in [2.24, 2.45) is 0 Å². The van der Waals surface area contributed by atoms with Crippen LogP contribution < -0.4 is 5.32 Å². The first-order chi connectivity index (χ1) is 12.8. The highest BCUT2D eigenvalue weighted by atomic mass is 16.5. The first-order valence-corrected chi connectivity index (χ1v) is 9.52. The fourth-order valence-electron chi connectivity index (χ4n) is 3.90. The van der Waals surface area contributed by atoms with Gasteiger partial charge < -0.3 is 10.1 Å². The lowest BCUT2D eigenvalue weighted by Crippen LogP contribution is -2.47. The number of aromatic nitrogens is 2. The van der Waals surface area contributed by atoms with Gasteiger partial charge in [-0.25, -0.2) is 0 Å². The molecule has 6 heteroatoms. The molecule has 1 aliphatic carbocycles. The molecular formula is C20H26N4O2. The van der Waals surface area contributed by atoms with Gasteiger partial charge in [-0.2, -0.15) is 5.10 Å². The molecule has 1 saturated heterocycles. The predicted molar refractivity (Wildman–Crippen MR) is 99.9 cm³/mol. The third-order valence-corrected chi connectivity index (χ3v) is 5.34. The van der Waals surface area contributed by atoms with Crippen molar-refractivity contribution in [3.8, 4) is 0 Å². The number of carbonyl (C=O) groups excluding carboxylic acids is 1. The molecule has 2 aliphatic rings. The summed E-state index contributed by atoms with van der Waals surface area (Å²) in [7, 11) is 0. The highest BCUT2D eigenvalue weighted by molar-refractivity contribution is 5.93. The Labute approximate surface area is 153 Å². The van der Waals surface area contributed by atoms with Crippen LogP contribution in [-0.4, -0.2) is 46.8 Å². The van der Waals surface area contributed by atoms with E-state index in [1.54, 1.807) is 0 Å². The van der Waals surface area contributed by atoms with Gasteiger partial charge in [0.2, 0.25) is 0 Å². The molecule has 0 radical (unpaired) electrons. The summed E-state index contributed by atoms with van der Waals surface area (Å²) in [5.41, 5.74) is 2.38. The third kappa shape index (κ3) is 4.14. The van der Waals surface area contributed by atoms with Gasteiger partial charge in [-0.05, 0) is 18.4 Å². The minimum absolute atomic E-state index is 0.118. The van der Waals surface area contributed by atoms with Crippen LogP contribution in [0.15, 0.2) is 36.4 Å². The smallest absolute Gasteiger partial charge is 0.256 e. The lowest BCUT2D eigenvalue weighted by Gasteiger charge is -2.32. The summed E-state index contributed by atoms with van der Waals surface area (Å²) in [6, 6.07) is 12.3. The van der Waals surface area contributed by atoms with Crippen LogP contribution in [0.4, 0.5) is 5.82 Å². The highest BCUT2D eigenvalue weighted by Gasteiger charge is 2.27. The molecule has 4 rings (SSSR count). The van der Waals surface area contributed by atoms with Gasteiger partial charge in [-0.3, -0.25) is 14.8 Å². The monoisotopic (exact) mass is 354 g/mol. The molecule has 138 valence electrons. The van der Waals surface area contributed by atoms with E-state index in [0.29, 0.717) is 24.9 Å². The van der Waals surface area contributed by atoms with E-state index in [0.717, 1.165) is 18.8 Å². The molecule has 2 N–H and O–H groups in total. The molecule has 1 aliphatic heterocycles. The number of nitrogens with one attached hydrogen (secondary N) is 2. The maximum absolute atomic E-state index is 12.6. The first kappa shape index (κ1) is 17.2. The summed E-state index contributed by atoms with van der Waals surface area (Å²) in [5.74, 6) is 1.04. The van der Waals surface area contributed by atoms with E-state index in [1.165, 1.54) is 31.2 Å². The van der Waals surface area contributed by atoms with E-state index in [1.807, 2.05) is 24.3 Å². The van der Waals surface area contributed by atoms with Crippen LogP contribution in [0.1, 0.15) is 42.9 Å². The molecule has 1 unspecified atom stereocenters. The summed E-state index contributed by atoms with van der Waals surface area (Å²) in [6.45, 7) is 2.84. The fraction of sp³-hybridized carbons (Fsp3) is 0.500. The Morgan fingerprint density at radius 1 is 1.27 bits per heavy atom. The second-order valence-corrected chi connectivity index (χ2v) is 7.26. The summed E-state index contributed by atoms with van der Waals surface area (Å²) < 4.78 is 5.69. The number of morpholine rings is 1. The van der Waals surface area contributed by atoms with Crippen molar-refractivity contribution in [1.29, 1.82) is 0 Å². The van der Waals surface area contributed by atoms with Crippen molar-refractivity contribution in [1.82, 2.24) is 15.1 Å². The summed E-state index contributed by atoms with van der Waals surface area (Å²) >= 11 is 0. The number of benzene rings is 1. The molecule has 1 atom stereocenters. The van der Waals surface area contributed by atoms with Crippen molar-refractivity contribution >= 4 is 11.7 Å². The number of rotatable bonds is 5. The molecule has 1 aromatic heterocycles. The Balaban J connectivity index is 1.32. The molecule has 2 heterocycles. The van der Waals surface area contributed by atoms with Gasteiger partial charge in [0, 0.05) is 37.3 Å². The topological polar surface area (TPSA) is 70.2 Å². The Morgan fingerprint density at radius 3 is 2.88 bits per heavy atom. The maximum atomic E-state index is 12.6. The van der Waals surface area contributed by atoms with Gasteiger partial charge in [0.15, 0.2) is 5.82 Å². The van der Waals surface area contributed by atoms with Gasteiger partial charge in [0.05, 0.1) is 6.61 Å². The Bertz CT molecular complexity index is 724. The van der Waals surface area contributed by atoms with Gasteiger partial charge in [-0.15, -0.1) is 0 Å². The molecule has 26 heavy (non-hydrogen) atoms. The van der Waals surface area contributed by atoms with E-state index in [9.17, 15) is 4.79 Å². The molecule has 2 fully saturated rings. The summed E-state index contributed by atoms with van der Waals surface area (Å²) in [6.07, 6.45) is 4.50. The van der Waals surface area contributed by atoms with Gasteiger partial charge in [-0.1, -0.05) is 43.2 Å². The number of aromatic amines is 1. The lowest BCUT2D eigenvalue weighted by molar-refractivity contribution is -0.133. The van der Waals surface area contributed by atoms with E-state index < -0.39 is 6.10 Å². The van der Waals surface area contributed by atoms with Crippen LogP contribution in [0.2, 0.25) is 0 Å². The predicted octanol–water partition coefficient (Wildman–Crippen LogP) is 2.91. The zero-order valence-electron chi connectivity index (χ0n) is 15.0. The van der Waals surface area contributed by atoms with Crippen molar-refractivity contribution in [3.63, 3.8) is 0 Å². The SMILES string of the molecule is O=C(Nc1cc(C2CCCC2)[nH]n1)C1CN(Cc2ccccc2)CCO1. The molecule has 1 saturated carbocycles. The average Bonchev–Trinajstić information content (AvgIpc) is 3.34. The van der Waals surface area contributed by atoms with Gasteiger partial charge in [0.1, 0.15) is 6.10 Å². The minimum atomic E-state index is -0.459. The van der Waals surface area contributed by atoms with E-state index >= 15 is 0 Å². The van der Waals surface area contributed by atoms with Gasteiger partial charge >= 0.3 is 0 Å². The van der Waals surface area contributed by atoms with Crippen LogP contribution in [0.5, 0.6) is 0 Å². The number of hydrogen-bond acceptors (Lipinski definition) is 4. The molecule has 1 aromatic carbocycles. The Morgan fingerprint density at radius 2 is 2.08 bits per heavy atom. The quantitative estimate of drug-likeness (QED) is 0.866. The standard InChI is InChI=1S/C20H26N4O2/c25-20(21-19-12-17(22-23-19)16-8-4-5-9-16)18-14-24(10-11-26-18)13-15-6-2-1-3-7-15/h1-3,6-7,12,16,18H,4-5,8-11,13-14H2,(H2,21,22,23,25). The number of nitrogens with zero attached hydrogens (tertiary/aromatic N) is 2. The third-order valence-electron chi connectivity index (χ3n) is 5.34. The number of anilines is 1. The number of amides is 1. The largest absolute Gasteiger partial charge is 0.366 e. The van der Waals surface area contributed by atoms with Crippen LogP contribution in [0.25, 0.3) is 0 Å². The zero-order chi connectivity index (χ0) is 17.8. The summed E-state index contributed by atoms with van der Waals surface area (Å²) in [4.78, 5) is 14.8. The summed E-state index contributed by atoms with van der Waals surface area (Å²) in [5, 5.41) is 10.2. The number of carbonyl (C=O) groups is 1. The average molecular weight is 354 g/mol. The second kappa shape index (κ2) is 8.01. The molecule has 6 nitrogen and oxygen atoms in total. The van der Waals surface area contributed by atoms with Crippen molar-refractivity contribution in [2.75, 3.05) is 25.0 Å². The first-order valence-electron chi connectivity index (χ1n) is 9.52. The van der Waals surface area contributed by atoms with E-state index in [2.05, 4.69) is 32.5 Å². The van der Waals surface area contributed by atoms with E-state index in [-0.39, 0.29) is 5.91 Å². The Kier molecular flexibility index (Phi) is 5.32. The lowest BCUT2D eigenvalue weighted by atomic mass is 10.0.